The van der Waals surface area contributed by atoms with Crippen molar-refractivity contribution in [2.45, 2.75) is 12.6 Å². The van der Waals surface area contributed by atoms with E-state index >= 15 is 0 Å². The van der Waals surface area contributed by atoms with Gasteiger partial charge in [0.05, 0.1) is 24.0 Å². The lowest BCUT2D eigenvalue weighted by atomic mass is 9.99. The zero-order valence-corrected chi connectivity index (χ0v) is 16.7. The molecular weight excluding hydrogens is 374 g/mol. The molecule has 6 nitrogen and oxygen atoms in total. The number of carbonyl (C=O) groups excluding carboxylic acids is 1. The van der Waals surface area contributed by atoms with Gasteiger partial charge in [0.25, 0.3) is 0 Å². The maximum absolute atomic E-state index is 12.7. The monoisotopic (exact) mass is 397 g/mol. The molecule has 0 aliphatic heterocycles. The smallest absolute Gasteiger partial charge is 0.315 e. The van der Waals surface area contributed by atoms with Crippen LogP contribution < -0.4 is 10.6 Å². The highest BCUT2D eigenvalue weighted by Crippen LogP contribution is 2.21. The Morgan fingerprint density at radius 1 is 0.900 bits per heavy atom. The SMILES string of the molecule is Cn1nc(-c2ccccn2)cc1CNC(=O)NC(c1ccccc1)c1ccccc1. The Morgan fingerprint density at radius 3 is 2.13 bits per heavy atom. The van der Waals surface area contributed by atoms with E-state index in [1.54, 1.807) is 10.9 Å². The molecule has 0 aliphatic carbocycles. The minimum absolute atomic E-state index is 0.233. The molecule has 4 aromatic rings. The first-order chi connectivity index (χ1) is 14.7. The van der Waals surface area contributed by atoms with E-state index in [2.05, 4.69) is 20.7 Å². The fraction of sp³-hybridized carbons (Fsp3) is 0.125. The lowest BCUT2D eigenvalue weighted by molar-refractivity contribution is 0.238. The Kier molecular flexibility index (Phi) is 5.85. The molecule has 0 saturated carbocycles. The van der Waals surface area contributed by atoms with Crippen molar-refractivity contribution in [3.63, 3.8) is 0 Å². The number of hydrogen-bond acceptors (Lipinski definition) is 3. The van der Waals surface area contributed by atoms with Crippen molar-refractivity contribution in [3.8, 4) is 11.4 Å². The third-order valence-corrected chi connectivity index (χ3v) is 4.88. The molecule has 0 spiro atoms. The number of benzene rings is 2. The first-order valence-electron chi connectivity index (χ1n) is 9.79. The summed E-state index contributed by atoms with van der Waals surface area (Å²) in [4.78, 5) is 17.0. The Bertz CT molecular complexity index is 1050. The fourth-order valence-corrected chi connectivity index (χ4v) is 3.31. The van der Waals surface area contributed by atoms with Crippen molar-refractivity contribution in [2.24, 2.45) is 7.05 Å². The van der Waals surface area contributed by atoms with Crippen LogP contribution in [0.3, 0.4) is 0 Å². The quantitative estimate of drug-likeness (QED) is 0.515. The Morgan fingerprint density at radius 2 is 1.53 bits per heavy atom. The minimum atomic E-state index is -0.242. The molecule has 0 fully saturated rings. The van der Waals surface area contributed by atoms with Crippen LogP contribution in [0.1, 0.15) is 22.9 Å². The predicted octanol–water partition coefficient (Wildman–Crippen LogP) is 4.07. The van der Waals surface area contributed by atoms with E-state index in [9.17, 15) is 4.79 Å². The molecule has 2 heterocycles. The number of nitrogens with one attached hydrogen (secondary N) is 2. The van der Waals surface area contributed by atoms with E-state index < -0.39 is 0 Å². The lowest BCUT2D eigenvalue weighted by Crippen LogP contribution is -2.38. The Hall–Kier alpha value is -3.93. The molecule has 0 bridgehead atoms. The van der Waals surface area contributed by atoms with Crippen molar-refractivity contribution >= 4 is 6.03 Å². The number of carbonyl (C=O) groups is 1. The van der Waals surface area contributed by atoms with Crippen LogP contribution in [0.4, 0.5) is 4.79 Å². The molecule has 2 amide bonds. The molecule has 2 aromatic carbocycles. The second-order valence-corrected chi connectivity index (χ2v) is 6.94. The summed E-state index contributed by atoms with van der Waals surface area (Å²) in [7, 11) is 1.86. The minimum Gasteiger partial charge on any atom is -0.333 e. The molecule has 0 atom stereocenters. The summed E-state index contributed by atoms with van der Waals surface area (Å²) >= 11 is 0. The topological polar surface area (TPSA) is 71.8 Å². The molecule has 150 valence electrons. The number of pyridine rings is 1. The van der Waals surface area contributed by atoms with Crippen LogP contribution in [0.2, 0.25) is 0 Å². The second-order valence-electron chi connectivity index (χ2n) is 6.94. The average molecular weight is 397 g/mol. The molecule has 4 rings (SSSR count). The van der Waals surface area contributed by atoms with Crippen molar-refractivity contribution in [1.29, 1.82) is 0 Å². The first kappa shape index (κ1) is 19.4. The molecule has 0 aliphatic rings. The highest BCUT2D eigenvalue weighted by molar-refractivity contribution is 5.75. The van der Waals surface area contributed by atoms with Gasteiger partial charge in [0.1, 0.15) is 5.69 Å². The fourth-order valence-electron chi connectivity index (χ4n) is 3.31. The van der Waals surface area contributed by atoms with Gasteiger partial charge in [-0.15, -0.1) is 0 Å². The molecule has 0 saturated heterocycles. The molecule has 0 radical (unpaired) electrons. The summed E-state index contributed by atoms with van der Waals surface area (Å²) in [6.07, 6.45) is 1.74. The zero-order valence-electron chi connectivity index (χ0n) is 16.7. The number of hydrogen-bond donors (Lipinski definition) is 2. The number of urea groups is 1. The molecular formula is C24H23N5O. The van der Waals surface area contributed by atoms with Crippen LogP contribution >= 0.6 is 0 Å². The number of aromatic nitrogens is 3. The van der Waals surface area contributed by atoms with Crippen LogP contribution in [0, 0.1) is 0 Å². The van der Waals surface area contributed by atoms with E-state index in [-0.39, 0.29) is 12.1 Å². The maximum Gasteiger partial charge on any atom is 0.315 e. The van der Waals surface area contributed by atoms with Crippen LogP contribution in [0.5, 0.6) is 0 Å². The van der Waals surface area contributed by atoms with E-state index in [4.69, 9.17) is 0 Å². The average Bonchev–Trinajstić information content (AvgIpc) is 3.18. The molecule has 30 heavy (non-hydrogen) atoms. The van der Waals surface area contributed by atoms with Crippen LogP contribution in [-0.2, 0) is 13.6 Å². The number of aryl methyl sites for hydroxylation is 1. The van der Waals surface area contributed by atoms with E-state index in [1.807, 2.05) is 92.0 Å². The highest BCUT2D eigenvalue weighted by atomic mass is 16.2. The second kappa shape index (κ2) is 9.05. The largest absolute Gasteiger partial charge is 0.333 e. The van der Waals surface area contributed by atoms with Crippen molar-refractivity contribution < 1.29 is 4.79 Å². The van der Waals surface area contributed by atoms with Gasteiger partial charge < -0.3 is 10.6 Å². The summed E-state index contributed by atoms with van der Waals surface area (Å²) in [6.45, 7) is 0.360. The van der Waals surface area contributed by atoms with Gasteiger partial charge in [-0.1, -0.05) is 66.7 Å². The molecule has 2 aromatic heterocycles. The molecule has 2 N–H and O–H groups in total. The van der Waals surface area contributed by atoms with Crippen molar-refractivity contribution in [3.05, 3.63) is 108 Å². The molecule has 0 unspecified atom stereocenters. The first-order valence-corrected chi connectivity index (χ1v) is 9.79. The van der Waals surface area contributed by atoms with Gasteiger partial charge in [-0.25, -0.2) is 4.79 Å². The zero-order chi connectivity index (χ0) is 20.8. The van der Waals surface area contributed by atoms with E-state index in [1.165, 1.54) is 0 Å². The predicted molar refractivity (Wildman–Crippen MR) is 117 cm³/mol. The van der Waals surface area contributed by atoms with E-state index in [0.717, 1.165) is 28.2 Å². The van der Waals surface area contributed by atoms with Crippen LogP contribution in [-0.4, -0.2) is 20.8 Å². The van der Waals surface area contributed by atoms with Gasteiger partial charge in [-0.05, 0) is 29.3 Å². The van der Waals surface area contributed by atoms with Gasteiger partial charge in [0, 0.05) is 13.2 Å². The summed E-state index contributed by atoms with van der Waals surface area (Å²) in [5.74, 6) is 0. The van der Waals surface area contributed by atoms with Gasteiger partial charge in [-0.3, -0.25) is 9.67 Å². The van der Waals surface area contributed by atoms with Crippen LogP contribution in [0.15, 0.2) is 91.1 Å². The van der Waals surface area contributed by atoms with Gasteiger partial charge >= 0.3 is 6.03 Å². The third-order valence-electron chi connectivity index (χ3n) is 4.88. The van der Waals surface area contributed by atoms with Gasteiger partial charge in [0.2, 0.25) is 0 Å². The standard InChI is InChI=1S/C24H23N5O/c1-29-20(16-22(28-29)21-14-8-9-15-25-21)17-26-24(30)27-23(18-10-4-2-5-11-18)19-12-6-3-7-13-19/h2-16,23H,17H2,1H3,(H2,26,27,30). The maximum atomic E-state index is 12.7. The number of nitrogens with zero attached hydrogens (tertiary/aromatic N) is 3. The Balaban J connectivity index is 1.45. The normalized spacial score (nSPS) is 10.7. The van der Waals surface area contributed by atoms with Crippen molar-refractivity contribution in [1.82, 2.24) is 25.4 Å². The number of rotatable bonds is 6. The third kappa shape index (κ3) is 4.55. The van der Waals surface area contributed by atoms with Gasteiger partial charge in [0.15, 0.2) is 0 Å². The Labute approximate surface area is 175 Å². The van der Waals surface area contributed by atoms with Crippen LogP contribution in [0.25, 0.3) is 11.4 Å². The van der Waals surface area contributed by atoms with Crippen molar-refractivity contribution in [2.75, 3.05) is 0 Å². The summed E-state index contributed by atoms with van der Waals surface area (Å²) in [5, 5.41) is 10.5. The lowest BCUT2D eigenvalue weighted by Gasteiger charge is -2.20. The molecule has 6 heteroatoms. The van der Waals surface area contributed by atoms with E-state index in [0.29, 0.717) is 6.54 Å². The number of amides is 2. The highest BCUT2D eigenvalue weighted by Gasteiger charge is 2.17. The van der Waals surface area contributed by atoms with Gasteiger partial charge in [-0.2, -0.15) is 5.10 Å². The summed E-state index contributed by atoms with van der Waals surface area (Å²) < 4.78 is 1.76. The summed E-state index contributed by atoms with van der Waals surface area (Å²) in [5.41, 5.74) is 4.52. The summed E-state index contributed by atoms with van der Waals surface area (Å²) in [6, 6.07) is 27.0.